The van der Waals surface area contributed by atoms with E-state index in [1.54, 1.807) is 6.92 Å². The van der Waals surface area contributed by atoms with Crippen LogP contribution < -0.4 is 3.30 Å². The van der Waals surface area contributed by atoms with Gasteiger partial charge in [-0.25, -0.2) is 0 Å². The molecule has 0 radical (unpaired) electrons. The molecule has 0 atom stereocenters. The number of rotatable bonds is 1. The predicted molar refractivity (Wildman–Crippen MR) is 37.3 cm³/mol. The standard InChI is InChI=1S/C2H5NO.4CH3.Hf/c1-2(3)4;;;;;/h1H3,(H2,3,4);4*1H3;/q;;;;;+1/p-1. The molecule has 1 N–H and O–H groups in total. The first-order valence-corrected chi connectivity index (χ1v) is 19.4. The third kappa shape index (κ3) is 8.34. The fraction of sp³-hybridized carbons (Fsp3) is 0.833. The van der Waals surface area contributed by atoms with Crippen molar-refractivity contribution < 1.29 is 23.6 Å². The molecule has 0 unspecified atom stereocenters. The monoisotopic (exact) mass is 298 g/mol. The van der Waals surface area contributed by atoms with Crippen LogP contribution in [0.1, 0.15) is 6.92 Å². The zero-order chi connectivity index (χ0) is 7.73. The van der Waals surface area contributed by atoms with E-state index in [0.29, 0.717) is 0 Å². The molecular weight excluding hydrogens is 281 g/mol. The molecule has 0 rings (SSSR count). The van der Waals surface area contributed by atoms with Crippen LogP contribution in [0.15, 0.2) is 0 Å². The molecule has 0 aromatic heterocycles. The van der Waals surface area contributed by atoms with Crippen molar-refractivity contribution in [2.75, 3.05) is 0 Å². The third-order valence-corrected chi connectivity index (χ3v) is 5.53. The summed E-state index contributed by atoms with van der Waals surface area (Å²) in [6, 6.07) is 0. The molecule has 0 saturated heterocycles. The van der Waals surface area contributed by atoms with Crippen LogP contribution in [0.5, 0.6) is 0 Å². The summed E-state index contributed by atoms with van der Waals surface area (Å²) >= 11 is -2.65. The van der Waals surface area contributed by atoms with E-state index in [9.17, 15) is 4.79 Å². The summed E-state index contributed by atoms with van der Waals surface area (Å²) in [5, 5.41) is 0. The Morgan fingerprint density at radius 1 is 1.22 bits per heavy atom. The van der Waals surface area contributed by atoms with Crippen LogP contribution in [0, 0.1) is 0 Å². The molecule has 0 aliphatic rings. The average Bonchev–Trinajstić information content (AvgIpc) is 1.16. The van der Waals surface area contributed by atoms with Gasteiger partial charge in [-0.15, -0.1) is 0 Å². The van der Waals surface area contributed by atoms with E-state index in [2.05, 4.69) is 22.0 Å². The first kappa shape index (κ1) is 9.34. The van der Waals surface area contributed by atoms with Crippen molar-refractivity contribution in [2.24, 2.45) is 0 Å². The average molecular weight is 297 g/mol. The Kier molecular flexibility index (Phi) is 2.27. The van der Waals surface area contributed by atoms with Gasteiger partial charge in [0.25, 0.3) is 0 Å². The Hall–Kier alpha value is 0.340. The second kappa shape index (κ2) is 2.19. The molecule has 1 amide bonds. The number of nitrogens with one attached hydrogen (secondary N) is 1. The Labute approximate surface area is 58.5 Å². The molecule has 0 saturated carbocycles. The number of carbonyl (C=O) groups is 1. The number of amides is 1. The molecule has 0 bridgehead atoms. The summed E-state index contributed by atoms with van der Waals surface area (Å²) in [5.74, 6) is 0.111. The Morgan fingerprint density at radius 3 is 1.56 bits per heavy atom. The first-order valence-electron chi connectivity index (χ1n) is 3.20. The topological polar surface area (TPSA) is 29.1 Å². The number of hydrogen-bond donors (Lipinski definition) is 1. The van der Waals surface area contributed by atoms with Gasteiger partial charge in [-0.05, 0) is 0 Å². The number of carbonyl (C=O) groups excluding carboxylic acids is 1. The van der Waals surface area contributed by atoms with Gasteiger partial charge in [0.2, 0.25) is 0 Å². The molecule has 0 spiro atoms. The molecule has 2 nitrogen and oxygen atoms in total. The normalized spacial score (nSPS) is 15.9. The number of hydrogen-bond acceptors (Lipinski definition) is 1. The van der Waals surface area contributed by atoms with Crippen molar-refractivity contribution in [1.82, 2.24) is 3.30 Å². The Balaban J connectivity index is 4.05. The van der Waals surface area contributed by atoms with Crippen LogP contribution in [0.2, 0.25) is 18.7 Å². The molecular formula is C6H16HfNO. The predicted octanol–water partition coefficient (Wildman–Crippen LogP) is 1.92. The summed E-state index contributed by atoms with van der Waals surface area (Å²) in [6.07, 6.45) is 0. The van der Waals surface area contributed by atoms with Crippen LogP contribution in [0.25, 0.3) is 0 Å². The molecule has 0 aromatic carbocycles. The van der Waals surface area contributed by atoms with E-state index in [-0.39, 0.29) is 5.91 Å². The van der Waals surface area contributed by atoms with Gasteiger partial charge in [0, 0.05) is 0 Å². The van der Waals surface area contributed by atoms with E-state index in [1.165, 1.54) is 0 Å². The van der Waals surface area contributed by atoms with Crippen LogP contribution in [0.4, 0.5) is 0 Å². The Bertz CT molecular complexity index is 124. The second-order valence-electron chi connectivity index (χ2n) is 4.68. The summed E-state index contributed by atoms with van der Waals surface area (Å²) in [7, 11) is 0. The molecule has 55 valence electrons. The molecule has 3 heteroatoms. The quantitative estimate of drug-likeness (QED) is 0.736. The molecule has 0 aromatic rings. The minimum atomic E-state index is -2.65. The van der Waals surface area contributed by atoms with Gasteiger partial charge >= 0.3 is 58.4 Å². The van der Waals surface area contributed by atoms with E-state index < -0.39 is 18.8 Å². The first-order chi connectivity index (χ1) is 3.67. The van der Waals surface area contributed by atoms with Gasteiger partial charge in [-0.2, -0.15) is 0 Å². The van der Waals surface area contributed by atoms with Gasteiger partial charge in [0.05, 0.1) is 0 Å². The van der Waals surface area contributed by atoms with Gasteiger partial charge in [-0.3, -0.25) is 0 Å². The molecule has 0 fully saturated rings. The fourth-order valence-corrected chi connectivity index (χ4v) is 5.76. The maximum absolute atomic E-state index is 10.6. The molecule has 0 heterocycles. The van der Waals surface area contributed by atoms with E-state index in [1.807, 2.05) is 0 Å². The second-order valence-corrected chi connectivity index (χ2v) is 34.3. The molecule has 0 aliphatic heterocycles. The van der Waals surface area contributed by atoms with Crippen molar-refractivity contribution in [3.63, 3.8) is 0 Å². The summed E-state index contributed by atoms with van der Waals surface area (Å²) in [5.41, 5.74) is 0. The van der Waals surface area contributed by atoms with Crippen LogP contribution in [-0.4, -0.2) is 5.91 Å². The molecule has 0 aliphatic carbocycles. The summed E-state index contributed by atoms with van der Waals surface area (Å²) in [4.78, 5) is 10.6. The minimum absolute atomic E-state index is 0.111. The fourth-order valence-electron chi connectivity index (χ4n) is 0.704. The van der Waals surface area contributed by atoms with Crippen LogP contribution >= 0.6 is 0 Å². The zero-order valence-corrected chi connectivity index (χ0v) is 10.5. The van der Waals surface area contributed by atoms with Crippen molar-refractivity contribution in [2.45, 2.75) is 25.6 Å². The Morgan fingerprint density at radius 2 is 1.56 bits per heavy atom. The van der Waals surface area contributed by atoms with Crippen LogP contribution in [-0.2, 0) is 23.6 Å². The van der Waals surface area contributed by atoms with Gasteiger partial charge < -0.3 is 0 Å². The van der Waals surface area contributed by atoms with Crippen molar-refractivity contribution in [3.8, 4) is 0 Å². The molecule has 9 heavy (non-hydrogen) atoms. The third-order valence-electron chi connectivity index (χ3n) is 0.676. The summed E-state index contributed by atoms with van der Waals surface area (Å²) < 4.78 is 11.8. The summed E-state index contributed by atoms with van der Waals surface area (Å²) in [6.45, 7) is 1.58. The van der Waals surface area contributed by atoms with Crippen molar-refractivity contribution in [1.29, 1.82) is 0 Å². The van der Waals surface area contributed by atoms with Crippen molar-refractivity contribution >= 4 is 5.91 Å². The SMILES string of the molecule is CC(=O)[NH][Hf]([CH3])([CH3])([CH3])[CH3]. The zero-order valence-electron chi connectivity index (χ0n) is 6.91. The maximum atomic E-state index is 10.6. The van der Waals surface area contributed by atoms with E-state index in [4.69, 9.17) is 0 Å². The van der Waals surface area contributed by atoms with E-state index in [0.717, 1.165) is 0 Å². The van der Waals surface area contributed by atoms with Gasteiger partial charge in [-0.1, -0.05) is 0 Å². The van der Waals surface area contributed by atoms with Gasteiger partial charge in [0.15, 0.2) is 0 Å². The van der Waals surface area contributed by atoms with E-state index >= 15 is 0 Å². The van der Waals surface area contributed by atoms with Crippen LogP contribution in [0.3, 0.4) is 0 Å². The van der Waals surface area contributed by atoms with Crippen molar-refractivity contribution in [3.05, 3.63) is 0 Å². The van der Waals surface area contributed by atoms with Gasteiger partial charge in [0.1, 0.15) is 0 Å².